The largest absolute Gasteiger partial charge is 0.380 e. The van der Waals surface area contributed by atoms with Crippen molar-refractivity contribution >= 4 is 17.3 Å². The predicted octanol–water partition coefficient (Wildman–Crippen LogP) is 2.65. The fraction of sp³-hybridized carbons (Fsp3) is 0.391. The second kappa shape index (κ2) is 9.34. The molecule has 9 heteroatoms. The van der Waals surface area contributed by atoms with Crippen LogP contribution >= 0.6 is 0 Å². The van der Waals surface area contributed by atoms with Crippen molar-refractivity contribution in [2.45, 2.75) is 31.3 Å². The van der Waals surface area contributed by atoms with Gasteiger partial charge in [0.2, 0.25) is 5.95 Å². The minimum Gasteiger partial charge on any atom is -0.380 e. The minimum absolute atomic E-state index is 0.332. The van der Waals surface area contributed by atoms with E-state index in [4.69, 9.17) is 0 Å². The molecule has 0 spiro atoms. The summed E-state index contributed by atoms with van der Waals surface area (Å²) in [6.07, 6.45) is 10.8. The molecule has 4 heterocycles. The molecule has 1 atom stereocenters. The summed E-state index contributed by atoms with van der Waals surface area (Å²) in [6.45, 7) is 3.97. The quantitative estimate of drug-likeness (QED) is 0.473. The first-order valence-electron chi connectivity index (χ1n) is 11.1. The third-order valence-corrected chi connectivity index (χ3v) is 6.09. The highest BCUT2D eigenvalue weighted by Gasteiger charge is 2.17. The Morgan fingerprint density at radius 1 is 1.00 bits per heavy atom. The Morgan fingerprint density at radius 3 is 2.56 bits per heavy atom. The molecule has 0 aliphatic carbocycles. The van der Waals surface area contributed by atoms with Crippen LogP contribution < -0.4 is 21.3 Å². The summed E-state index contributed by atoms with van der Waals surface area (Å²) in [4.78, 5) is 8.97. The summed E-state index contributed by atoms with van der Waals surface area (Å²) in [7, 11) is 0. The van der Waals surface area contributed by atoms with E-state index in [1.54, 1.807) is 0 Å². The van der Waals surface area contributed by atoms with Crippen LogP contribution in [0.25, 0.3) is 11.1 Å². The van der Waals surface area contributed by atoms with Crippen LogP contribution in [-0.4, -0.2) is 52.0 Å². The monoisotopic (exact) mass is 429 g/mol. The zero-order chi connectivity index (χ0) is 21.8. The Hall–Kier alpha value is -3.48. The SMILES string of the molecule is N#Cc1ccc(Nc2ncc(-c3cnn(C4CCNCC4)c3)cn2)cc1NC1CCNC1. The lowest BCUT2D eigenvalue weighted by molar-refractivity contribution is 0.343. The van der Waals surface area contributed by atoms with Crippen molar-refractivity contribution in [1.82, 2.24) is 30.4 Å². The van der Waals surface area contributed by atoms with E-state index in [-0.39, 0.29) is 0 Å². The number of hydrogen-bond acceptors (Lipinski definition) is 8. The standard InChI is InChI=1S/C23H27N9/c24-10-16-1-2-19(9-22(16)30-20-3-6-26-14-20)31-23-27-11-17(12-28-23)18-13-29-32(15-18)21-4-7-25-8-5-21/h1-2,9,11-13,15,20-21,25-26,30H,3-8,14H2,(H,27,28,31). The van der Waals surface area contributed by atoms with Gasteiger partial charge in [0.25, 0.3) is 0 Å². The highest BCUT2D eigenvalue weighted by molar-refractivity contribution is 5.68. The molecule has 32 heavy (non-hydrogen) atoms. The van der Waals surface area contributed by atoms with Gasteiger partial charge in [0.15, 0.2) is 0 Å². The predicted molar refractivity (Wildman–Crippen MR) is 124 cm³/mol. The molecule has 2 aliphatic rings. The molecule has 1 aromatic carbocycles. The van der Waals surface area contributed by atoms with E-state index in [0.29, 0.717) is 23.6 Å². The summed E-state index contributed by atoms with van der Waals surface area (Å²) < 4.78 is 2.06. The van der Waals surface area contributed by atoms with Crippen LogP contribution in [0.3, 0.4) is 0 Å². The third kappa shape index (κ3) is 4.56. The van der Waals surface area contributed by atoms with Crippen LogP contribution in [-0.2, 0) is 0 Å². The highest BCUT2D eigenvalue weighted by Crippen LogP contribution is 2.26. The Labute approximate surface area is 187 Å². The minimum atomic E-state index is 0.332. The van der Waals surface area contributed by atoms with Gasteiger partial charge in [-0.3, -0.25) is 4.68 Å². The number of rotatable bonds is 6. The number of nitrogens with one attached hydrogen (secondary N) is 4. The lowest BCUT2D eigenvalue weighted by atomic mass is 10.1. The normalized spacial score (nSPS) is 18.9. The molecular weight excluding hydrogens is 402 g/mol. The molecule has 0 radical (unpaired) electrons. The molecule has 4 N–H and O–H groups in total. The van der Waals surface area contributed by atoms with Crippen molar-refractivity contribution in [3.63, 3.8) is 0 Å². The molecule has 1 unspecified atom stereocenters. The van der Waals surface area contributed by atoms with Gasteiger partial charge in [0.1, 0.15) is 6.07 Å². The van der Waals surface area contributed by atoms with Gasteiger partial charge in [-0.15, -0.1) is 0 Å². The first-order valence-corrected chi connectivity index (χ1v) is 11.1. The molecule has 5 rings (SSSR count). The van der Waals surface area contributed by atoms with Crippen LogP contribution in [0.15, 0.2) is 43.0 Å². The van der Waals surface area contributed by atoms with Crippen molar-refractivity contribution in [3.05, 3.63) is 48.5 Å². The van der Waals surface area contributed by atoms with E-state index in [2.05, 4.69) is 53.3 Å². The average Bonchev–Trinajstić information content (AvgIpc) is 3.53. The summed E-state index contributed by atoms with van der Waals surface area (Å²) in [5.41, 5.74) is 4.25. The number of anilines is 3. The van der Waals surface area contributed by atoms with Crippen molar-refractivity contribution in [3.8, 4) is 17.2 Å². The molecule has 0 bridgehead atoms. The van der Waals surface area contributed by atoms with Gasteiger partial charge in [0.05, 0.1) is 23.5 Å². The van der Waals surface area contributed by atoms with E-state index >= 15 is 0 Å². The Morgan fingerprint density at radius 2 is 1.81 bits per heavy atom. The molecule has 0 saturated carbocycles. The number of piperidine rings is 1. The van der Waals surface area contributed by atoms with Gasteiger partial charge in [0, 0.05) is 48.0 Å². The maximum atomic E-state index is 9.44. The summed E-state index contributed by atoms with van der Waals surface area (Å²) in [6, 6.07) is 8.67. The van der Waals surface area contributed by atoms with Gasteiger partial charge in [-0.05, 0) is 57.1 Å². The zero-order valence-corrected chi connectivity index (χ0v) is 17.9. The van der Waals surface area contributed by atoms with Crippen molar-refractivity contribution < 1.29 is 0 Å². The van der Waals surface area contributed by atoms with E-state index in [1.807, 2.05) is 36.8 Å². The first-order chi connectivity index (χ1) is 15.8. The number of nitriles is 1. The molecule has 2 fully saturated rings. The highest BCUT2D eigenvalue weighted by atomic mass is 15.3. The van der Waals surface area contributed by atoms with Crippen LogP contribution in [0.5, 0.6) is 0 Å². The van der Waals surface area contributed by atoms with E-state index in [0.717, 1.165) is 67.9 Å². The number of hydrogen-bond donors (Lipinski definition) is 4. The third-order valence-electron chi connectivity index (χ3n) is 6.09. The molecule has 2 saturated heterocycles. The smallest absolute Gasteiger partial charge is 0.227 e. The van der Waals surface area contributed by atoms with E-state index in [1.165, 1.54) is 0 Å². The molecule has 0 amide bonds. The lowest BCUT2D eigenvalue weighted by Crippen LogP contribution is -2.29. The maximum absolute atomic E-state index is 9.44. The van der Waals surface area contributed by atoms with Gasteiger partial charge < -0.3 is 21.3 Å². The second-order valence-electron chi connectivity index (χ2n) is 8.32. The molecule has 3 aromatic rings. The zero-order valence-electron chi connectivity index (χ0n) is 17.9. The first kappa shape index (κ1) is 20.4. The number of benzene rings is 1. The van der Waals surface area contributed by atoms with Crippen LogP contribution in [0.2, 0.25) is 0 Å². The van der Waals surface area contributed by atoms with Gasteiger partial charge in [-0.25, -0.2) is 9.97 Å². The molecule has 2 aliphatic heterocycles. The van der Waals surface area contributed by atoms with Gasteiger partial charge in [-0.1, -0.05) is 0 Å². The van der Waals surface area contributed by atoms with Crippen molar-refractivity contribution in [2.24, 2.45) is 0 Å². The molecular formula is C23H27N9. The van der Waals surface area contributed by atoms with Gasteiger partial charge >= 0.3 is 0 Å². The summed E-state index contributed by atoms with van der Waals surface area (Å²) >= 11 is 0. The Kier molecular flexibility index (Phi) is 5.96. The fourth-order valence-corrected chi connectivity index (χ4v) is 4.27. The topological polar surface area (TPSA) is 116 Å². The number of nitrogens with zero attached hydrogens (tertiary/aromatic N) is 5. The summed E-state index contributed by atoms with van der Waals surface area (Å²) in [5, 5.41) is 27.4. The van der Waals surface area contributed by atoms with E-state index in [9.17, 15) is 5.26 Å². The van der Waals surface area contributed by atoms with Crippen molar-refractivity contribution in [1.29, 1.82) is 5.26 Å². The Balaban J connectivity index is 1.27. The van der Waals surface area contributed by atoms with Gasteiger partial charge in [-0.2, -0.15) is 10.4 Å². The van der Waals surface area contributed by atoms with Crippen LogP contribution in [0.4, 0.5) is 17.3 Å². The molecule has 164 valence electrons. The number of aromatic nitrogens is 4. The molecule has 2 aromatic heterocycles. The Bertz CT molecular complexity index is 1090. The fourth-order valence-electron chi connectivity index (χ4n) is 4.27. The maximum Gasteiger partial charge on any atom is 0.227 e. The van der Waals surface area contributed by atoms with E-state index < -0.39 is 0 Å². The second-order valence-corrected chi connectivity index (χ2v) is 8.32. The lowest BCUT2D eigenvalue weighted by Gasteiger charge is -2.22. The molecule has 9 nitrogen and oxygen atoms in total. The van der Waals surface area contributed by atoms with Crippen LogP contribution in [0.1, 0.15) is 30.9 Å². The van der Waals surface area contributed by atoms with Crippen molar-refractivity contribution in [2.75, 3.05) is 36.8 Å². The average molecular weight is 430 g/mol. The van der Waals surface area contributed by atoms with Crippen LogP contribution in [0, 0.1) is 11.3 Å². The summed E-state index contributed by atoms with van der Waals surface area (Å²) in [5.74, 6) is 0.512.